The molecule has 0 unspecified atom stereocenters. The molecule has 15 heavy (non-hydrogen) atoms. The van der Waals surface area contributed by atoms with E-state index in [9.17, 15) is 5.11 Å². The average molecular weight is 207 g/mol. The summed E-state index contributed by atoms with van der Waals surface area (Å²) in [6.45, 7) is 2.19. The lowest BCUT2D eigenvalue weighted by molar-refractivity contribution is -0.0308. The molecule has 1 fully saturated rings. The van der Waals surface area contributed by atoms with Crippen LogP contribution in [-0.4, -0.2) is 30.9 Å². The molecule has 0 aromatic heterocycles. The van der Waals surface area contributed by atoms with Crippen molar-refractivity contribution in [3.05, 3.63) is 23.8 Å². The van der Waals surface area contributed by atoms with Gasteiger partial charge in [-0.3, -0.25) is 0 Å². The fraction of sp³-hybridized carbons (Fsp3) is 0.455. The number of aromatic hydroxyl groups is 1. The van der Waals surface area contributed by atoms with Crippen molar-refractivity contribution < 1.29 is 14.6 Å². The molecular weight excluding hydrogens is 194 g/mol. The van der Waals surface area contributed by atoms with Crippen molar-refractivity contribution in [2.24, 2.45) is 0 Å². The largest absolute Gasteiger partial charge is 0.508 e. The molecule has 0 bridgehead atoms. The predicted molar refractivity (Wildman–Crippen MR) is 54.1 cm³/mol. The van der Waals surface area contributed by atoms with Gasteiger partial charge in [0.1, 0.15) is 24.2 Å². The van der Waals surface area contributed by atoms with Crippen LogP contribution >= 0.6 is 0 Å². The molecule has 0 amide bonds. The second-order valence-electron chi connectivity index (χ2n) is 3.89. The van der Waals surface area contributed by atoms with Gasteiger partial charge in [0, 0.05) is 12.1 Å². The Labute approximate surface area is 87.8 Å². The third-order valence-corrected chi connectivity index (χ3v) is 2.89. The zero-order valence-corrected chi connectivity index (χ0v) is 8.27. The average Bonchev–Trinajstić information content (AvgIpc) is 2.29. The van der Waals surface area contributed by atoms with E-state index in [1.807, 2.05) is 0 Å². The van der Waals surface area contributed by atoms with Gasteiger partial charge in [-0.15, -0.1) is 0 Å². The molecule has 80 valence electrons. The van der Waals surface area contributed by atoms with Gasteiger partial charge < -0.3 is 19.9 Å². The monoisotopic (exact) mass is 207 g/mol. The van der Waals surface area contributed by atoms with Gasteiger partial charge in [0.25, 0.3) is 0 Å². The van der Waals surface area contributed by atoms with Crippen molar-refractivity contribution in [2.45, 2.75) is 12.1 Å². The lowest BCUT2D eigenvalue weighted by atomic mass is 9.97. The topological polar surface area (TPSA) is 50.7 Å². The fourth-order valence-corrected chi connectivity index (χ4v) is 2.18. The molecule has 0 aliphatic carbocycles. The van der Waals surface area contributed by atoms with E-state index in [0.29, 0.717) is 13.2 Å². The standard InChI is InChI=1S/C11H13NO3/c13-7-1-2-10-8(5-7)11-9(6-15-10)12-3-4-14-11/h1-2,5,9,11-13H,3-4,6H2/t9-,11-/m1/s1. The first-order chi connectivity index (χ1) is 7.34. The van der Waals surface area contributed by atoms with Gasteiger partial charge in [-0.25, -0.2) is 0 Å². The number of phenolic OH excluding ortho intramolecular Hbond substituents is 1. The molecule has 1 aromatic carbocycles. The Bertz CT molecular complexity index is 380. The Morgan fingerprint density at radius 3 is 3.27 bits per heavy atom. The Morgan fingerprint density at radius 2 is 2.33 bits per heavy atom. The molecule has 2 heterocycles. The van der Waals surface area contributed by atoms with Crippen LogP contribution in [-0.2, 0) is 4.74 Å². The number of morpholine rings is 1. The van der Waals surface area contributed by atoms with E-state index in [4.69, 9.17) is 9.47 Å². The highest BCUT2D eigenvalue weighted by atomic mass is 16.5. The quantitative estimate of drug-likeness (QED) is 0.661. The zero-order chi connectivity index (χ0) is 10.3. The molecule has 0 spiro atoms. The number of rotatable bonds is 0. The predicted octanol–water partition coefficient (Wildman–Crippen LogP) is 0.814. The van der Waals surface area contributed by atoms with Crippen LogP contribution in [0.1, 0.15) is 11.7 Å². The van der Waals surface area contributed by atoms with Crippen LogP contribution in [0, 0.1) is 0 Å². The summed E-state index contributed by atoms with van der Waals surface area (Å²) in [4.78, 5) is 0. The Morgan fingerprint density at radius 1 is 1.40 bits per heavy atom. The van der Waals surface area contributed by atoms with Crippen molar-refractivity contribution >= 4 is 0 Å². The maximum Gasteiger partial charge on any atom is 0.125 e. The molecule has 2 N–H and O–H groups in total. The minimum atomic E-state index is 0.00889. The summed E-state index contributed by atoms with van der Waals surface area (Å²) in [6.07, 6.45) is 0.00889. The van der Waals surface area contributed by atoms with Gasteiger partial charge in [-0.1, -0.05) is 0 Å². The van der Waals surface area contributed by atoms with E-state index in [0.717, 1.165) is 17.9 Å². The summed E-state index contributed by atoms with van der Waals surface area (Å²) in [6, 6.07) is 5.35. The van der Waals surface area contributed by atoms with Crippen LogP contribution in [0.5, 0.6) is 11.5 Å². The van der Waals surface area contributed by atoms with E-state index in [1.165, 1.54) is 0 Å². The lowest BCUT2D eigenvalue weighted by Crippen LogP contribution is -2.48. The molecule has 1 aromatic rings. The summed E-state index contributed by atoms with van der Waals surface area (Å²) < 4.78 is 11.3. The zero-order valence-electron chi connectivity index (χ0n) is 8.27. The van der Waals surface area contributed by atoms with Crippen molar-refractivity contribution in [2.75, 3.05) is 19.8 Å². The van der Waals surface area contributed by atoms with E-state index >= 15 is 0 Å². The van der Waals surface area contributed by atoms with Crippen LogP contribution in [0.25, 0.3) is 0 Å². The summed E-state index contributed by atoms with van der Waals surface area (Å²) in [7, 11) is 0. The molecule has 4 nitrogen and oxygen atoms in total. The Hall–Kier alpha value is -1.26. The molecule has 2 aliphatic heterocycles. The van der Waals surface area contributed by atoms with Gasteiger partial charge in [-0.05, 0) is 18.2 Å². The molecule has 4 heteroatoms. The maximum atomic E-state index is 9.45. The molecule has 3 rings (SSSR count). The first-order valence-electron chi connectivity index (χ1n) is 5.15. The second-order valence-corrected chi connectivity index (χ2v) is 3.89. The van der Waals surface area contributed by atoms with E-state index in [1.54, 1.807) is 18.2 Å². The molecule has 0 saturated carbocycles. The maximum absolute atomic E-state index is 9.45. The number of hydrogen-bond acceptors (Lipinski definition) is 4. The fourth-order valence-electron chi connectivity index (χ4n) is 2.18. The second kappa shape index (κ2) is 3.40. The number of ether oxygens (including phenoxy) is 2. The third-order valence-electron chi connectivity index (χ3n) is 2.89. The van der Waals surface area contributed by atoms with Crippen molar-refractivity contribution in [1.29, 1.82) is 0 Å². The highest BCUT2D eigenvalue weighted by molar-refractivity contribution is 5.43. The number of benzene rings is 1. The molecule has 0 radical (unpaired) electrons. The third kappa shape index (κ3) is 1.46. The van der Waals surface area contributed by atoms with E-state index in [-0.39, 0.29) is 17.9 Å². The van der Waals surface area contributed by atoms with Crippen molar-refractivity contribution in [3.63, 3.8) is 0 Å². The van der Waals surface area contributed by atoms with Crippen LogP contribution < -0.4 is 10.1 Å². The minimum absolute atomic E-state index is 0.00889. The molecule has 2 aliphatic rings. The first kappa shape index (κ1) is 9.00. The SMILES string of the molecule is Oc1ccc2c(c1)[C@H]1OCCN[C@@H]1CO2. The number of phenols is 1. The Kier molecular flexibility index (Phi) is 2.04. The summed E-state index contributed by atoms with van der Waals surface area (Å²) in [5.74, 6) is 1.07. The van der Waals surface area contributed by atoms with Gasteiger partial charge in [-0.2, -0.15) is 0 Å². The first-order valence-corrected chi connectivity index (χ1v) is 5.15. The number of fused-ring (bicyclic) bond motifs is 3. The van der Waals surface area contributed by atoms with E-state index in [2.05, 4.69) is 5.32 Å². The van der Waals surface area contributed by atoms with Gasteiger partial charge in [0.05, 0.1) is 12.6 Å². The number of nitrogens with one attached hydrogen (secondary N) is 1. The molecule has 2 atom stereocenters. The summed E-state index contributed by atoms with van der Waals surface area (Å²) in [5.41, 5.74) is 0.943. The highest BCUT2D eigenvalue weighted by Crippen LogP contribution is 2.37. The van der Waals surface area contributed by atoms with Crippen LogP contribution in [0.3, 0.4) is 0 Å². The van der Waals surface area contributed by atoms with Gasteiger partial charge in [0.15, 0.2) is 0 Å². The molecular formula is C11H13NO3. The van der Waals surface area contributed by atoms with E-state index < -0.39 is 0 Å². The van der Waals surface area contributed by atoms with Gasteiger partial charge in [0.2, 0.25) is 0 Å². The highest BCUT2D eigenvalue weighted by Gasteiger charge is 2.33. The lowest BCUT2D eigenvalue weighted by Gasteiger charge is -2.37. The molecule has 1 saturated heterocycles. The van der Waals surface area contributed by atoms with Gasteiger partial charge >= 0.3 is 0 Å². The minimum Gasteiger partial charge on any atom is -0.508 e. The normalized spacial score (nSPS) is 28.8. The van der Waals surface area contributed by atoms with Crippen molar-refractivity contribution in [1.82, 2.24) is 5.32 Å². The number of hydrogen-bond donors (Lipinski definition) is 2. The summed E-state index contributed by atoms with van der Waals surface area (Å²) >= 11 is 0. The van der Waals surface area contributed by atoms with Crippen LogP contribution in [0.15, 0.2) is 18.2 Å². The van der Waals surface area contributed by atoms with Crippen LogP contribution in [0.4, 0.5) is 0 Å². The van der Waals surface area contributed by atoms with Crippen LogP contribution in [0.2, 0.25) is 0 Å². The smallest absolute Gasteiger partial charge is 0.125 e. The Balaban J connectivity index is 2.01. The summed E-state index contributed by atoms with van der Waals surface area (Å²) in [5, 5.41) is 12.8. The van der Waals surface area contributed by atoms with Crippen molar-refractivity contribution in [3.8, 4) is 11.5 Å².